The van der Waals surface area contributed by atoms with E-state index in [1.165, 1.54) is 10.6 Å². The average molecular weight is 309 g/mol. The van der Waals surface area contributed by atoms with E-state index in [2.05, 4.69) is 10.3 Å². The Balaban J connectivity index is 2.27. The minimum Gasteiger partial charge on any atom is -0.321 e. The second kappa shape index (κ2) is 7.23. The fraction of sp³-hybridized carbons (Fsp3) is 0.727. The van der Waals surface area contributed by atoms with Crippen molar-refractivity contribution in [1.82, 2.24) is 19.2 Å². The third-order valence-electron chi connectivity index (χ3n) is 2.89. The highest BCUT2D eigenvalue weighted by Gasteiger charge is 2.13. The van der Waals surface area contributed by atoms with E-state index in [0.717, 1.165) is 18.8 Å². The maximum absolute atomic E-state index is 11.4. The van der Waals surface area contributed by atoms with Crippen LogP contribution in [0, 0.1) is 0 Å². The van der Waals surface area contributed by atoms with Gasteiger partial charge >= 0.3 is 0 Å². The Hall–Kier alpha value is -0.630. The van der Waals surface area contributed by atoms with Crippen molar-refractivity contribution in [2.75, 3.05) is 25.9 Å². The number of hydrogen-bond donors (Lipinski definition) is 1. The molecular formula is C11H21ClN4O2S. The zero-order valence-corrected chi connectivity index (χ0v) is 13.1. The van der Waals surface area contributed by atoms with E-state index in [-0.39, 0.29) is 0 Å². The van der Waals surface area contributed by atoms with Crippen LogP contribution >= 0.6 is 11.6 Å². The molecule has 0 spiro atoms. The summed E-state index contributed by atoms with van der Waals surface area (Å²) in [5.74, 6) is 0.862. The maximum atomic E-state index is 11.4. The predicted molar refractivity (Wildman–Crippen MR) is 76.6 cm³/mol. The second-order valence-electron chi connectivity index (χ2n) is 4.34. The molecule has 110 valence electrons. The molecule has 0 amide bonds. The SMILES string of the molecule is CCN(CCCNCc1ncc(Cl)n1C)S(C)(=O)=O. The quantitative estimate of drug-likeness (QED) is 0.723. The highest BCUT2D eigenvalue weighted by atomic mass is 35.5. The fourth-order valence-electron chi connectivity index (χ4n) is 1.73. The minimum atomic E-state index is -3.09. The first-order chi connectivity index (χ1) is 8.86. The minimum absolute atomic E-state index is 0.508. The van der Waals surface area contributed by atoms with Gasteiger partial charge < -0.3 is 9.88 Å². The van der Waals surface area contributed by atoms with Gasteiger partial charge in [0.1, 0.15) is 11.0 Å². The lowest BCUT2D eigenvalue weighted by molar-refractivity contribution is 0.418. The van der Waals surface area contributed by atoms with Crippen molar-refractivity contribution in [3.63, 3.8) is 0 Å². The van der Waals surface area contributed by atoms with Gasteiger partial charge in [0.25, 0.3) is 0 Å². The summed E-state index contributed by atoms with van der Waals surface area (Å²) in [5.41, 5.74) is 0. The Morgan fingerprint density at radius 2 is 2.21 bits per heavy atom. The zero-order chi connectivity index (χ0) is 14.5. The molecule has 0 aromatic carbocycles. The molecule has 0 saturated carbocycles. The fourth-order valence-corrected chi connectivity index (χ4v) is 2.80. The van der Waals surface area contributed by atoms with E-state index in [0.29, 0.717) is 24.8 Å². The van der Waals surface area contributed by atoms with Crippen molar-refractivity contribution in [3.8, 4) is 0 Å². The molecule has 6 nitrogen and oxygen atoms in total. The topological polar surface area (TPSA) is 67.2 Å². The van der Waals surface area contributed by atoms with E-state index >= 15 is 0 Å². The molecule has 0 fully saturated rings. The Labute approximate surface area is 119 Å². The molecule has 1 heterocycles. The first kappa shape index (κ1) is 16.4. The van der Waals surface area contributed by atoms with E-state index in [1.807, 2.05) is 18.5 Å². The normalized spacial score (nSPS) is 12.3. The largest absolute Gasteiger partial charge is 0.321 e. The predicted octanol–water partition coefficient (Wildman–Crippen LogP) is 0.835. The molecule has 8 heteroatoms. The van der Waals surface area contributed by atoms with Crippen LogP contribution < -0.4 is 5.32 Å². The molecule has 0 aliphatic carbocycles. The number of imidazole rings is 1. The van der Waals surface area contributed by atoms with Crippen molar-refractivity contribution >= 4 is 21.6 Å². The molecule has 19 heavy (non-hydrogen) atoms. The van der Waals surface area contributed by atoms with E-state index in [1.54, 1.807) is 6.20 Å². The van der Waals surface area contributed by atoms with Gasteiger partial charge in [-0.25, -0.2) is 17.7 Å². The summed E-state index contributed by atoms with van der Waals surface area (Å²) in [5, 5.41) is 3.83. The smallest absolute Gasteiger partial charge is 0.211 e. The second-order valence-corrected chi connectivity index (χ2v) is 6.71. The van der Waals surface area contributed by atoms with Gasteiger partial charge in [0.05, 0.1) is 19.0 Å². The summed E-state index contributed by atoms with van der Waals surface area (Å²) in [6.07, 6.45) is 3.61. The van der Waals surface area contributed by atoms with Gasteiger partial charge in [-0.2, -0.15) is 0 Å². The van der Waals surface area contributed by atoms with Crippen molar-refractivity contribution in [2.24, 2.45) is 7.05 Å². The van der Waals surface area contributed by atoms with Crippen LogP contribution in [0.5, 0.6) is 0 Å². The first-order valence-corrected chi connectivity index (χ1v) is 8.40. The molecule has 0 aliphatic heterocycles. The molecule has 0 saturated heterocycles. The van der Waals surface area contributed by atoms with Gasteiger partial charge in [-0.3, -0.25) is 0 Å². The molecule has 0 bridgehead atoms. The maximum Gasteiger partial charge on any atom is 0.211 e. The third-order valence-corrected chi connectivity index (χ3v) is 4.62. The molecule has 1 aromatic rings. The van der Waals surface area contributed by atoms with Crippen LogP contribution in [0.25, 0.3) is 0 Å². The lowest BCUT2D eigenvalue weighted by atomic mass is 10.4. The zero-order valence-electron chi connectivity index (χ0n) is 11.6. The van der Waals surface area contributed by atoms with Crippen LogP contribution in [0.1, 0.15) is 19.2 Å². The van der Waals surface area contributed by atoms with E-state index in [9.17, 15) is 8.42 Å². The van der Waals surface area contributed by atoms with E-state index in [4.69, 9.17) is 11.6 Å². The van der Waals surface area contributed by atoms with Crippen LogP contribution in [0.15, 0.2) is 6.20 Å². The molecule has 0 radical (unpaired) electrons. The van der Waals surface area contributed by atoms with Crippen LogP contribution in [-0.2, 0) is 23.6 Å². The Morgan fingerprint density at radius 3 is 2.68 bits per heavy atom. The Bertz CT molecular complexity index is 501. The number of aromatic nitrogens is 2. The molecule has 0 atom stereocenters. The molecule has 1 rings (SSSR count). The molecule has 1 aromatic heterocycles. The van der Waals surface area contributed by atoms with Gasteiger partial charge in [-0.15, -0.1) is 0 Å². The number of nitrogens with zero attached hydrogens (tertiary/aromatic N) is 3. The highest BCUT2D eigenvalue weighted by molar-refractivity contribution is 7.88. The van der Waals surface area contributed by atoms with Crippen LogP contribution in [0.4, 0.5) is 0 Å². The summed E-state index contributed by atoms with van der Waals surface area (Å²) in [6, 6.07) is 0. The monoisotopic (exact) mass is 308 g/mol. The van der Waals surface area contributed by atoms with Crippen molar-refractivity contribution in [3.05, 3.63) is 17.2 Å². The summed E-state index contributed by atoms with van der Waals surface area (Å²) >= 11 is 5.88. The number of halogens is 1. The lowest BCUT2D eigenvalue weighted by Crippen LogP contribution is -2.32. The van der Waals surface area contributed by atoms with Crippen LogP contribution in [0.2, 0.25) is 5.15 Å². The van der Waals surface area contributed by atoms with Gasteiger partial charge in [-0.1, -0.05) is 18.5 Å². The van der Waals surface area contributed by atoms with Gasteiger partial charge in [-0.05, 0) is 13.0 Å². The lowest BCUT2D eigenvalue weighted by Gasteiger charge is -2.17. The van der Waals surface area contributed by atoms with Gasteiger partial charge in [0.2, 0.25) is 10.0 Å². The first-order valence-electron chi connectivity index (χ1n) is 6.18. The van der Waals surface area contributed by atoms with Crippen LogP contribution in [-0.4, -0.2) is 48.2 Å². The third kappa shape index (κ3) is 5.10. The standard InChI is InChI=1S/C11H21ClN4O2S/c1-4-16(19(3,17)18)7-5-6-13-9-11-14-8-10(12)15(11)2/h8,13H,4-7,9H2,1-3H3. The number of rotatable bonds is 8. The molecule has 0 aliphatic rings. The summed E-state index contributed by atoms with van der Waals surface area (Å²) in [7, 11) is -1.23. The van der Waals surface area contributed by atoms with Gasteiger partial charge in [0.15, 0.2) is 0 Å². The number of nitrogens with one attached hydrogen (secondary N) is 1. The van der Waals surface area contributed by atoms with Crippen molar-refractivity contribution in [1.29, 1.82) is 0 Å². The van der Waals surface area contributed by atoms with Crippen molar-refractivity contribution in [2.45, 2.75) is 19.9 Å². The van der Waals surface area contributed by atoms with Crippen molar-refractivity contribution < 1.29 is 8.42 Å². The number of sulfonamides is 1. The summed E-state index contributed by atoms with van der Waals surface area (Å²) < 4.78 is 26.0. The molecule has 1 N–H and O–H groups in total. The molecule has 0 unspecified atom stereocenters. The number of hydrogen-bond acceptors (Lipinski definition) is 4. The Morgan fingerprint density at radius 1 is 1.53 bits per heavy atom. The van der Waals surface area contributed by atoms with Crippen LogP contribution in [0.3, 0.4) is 0 Å². The van der Waals surface area contributed by atoms with E-state index < -0.39 is 10.0 Å². The molecular weight excluding hydrogens is 288 g/mol. The average Bonchev–Trinajstić information content (AvgIpc) is 2.63. The highest BCUT2D eigenvalue weighted by Crippen LogP contribution is 2.08. The summed E-state index contributed by atoms with van der Waals surface area (Å²) in [4.78, 5) is 4.17. The van der Waals surface area contributed by atoms with Gasteiger partial charge in [0, 0.05) is 20.1 Å². The Kier molecular flexibility index (Phi) is 6.25. The summed E-state index contributed by atoms with van der Waals surface area (Å²) in [6.45, 7) is 4.23.